The molecule has 0 aliphatic carbocycles. The molecule has 6 heteroatoms. The Balaban J connectivity index is 2.98. The fourth-order valence-electron chi connectivity index (χ4n) is 0.850. The second-order valence-corrected chi connectivity index (χ2v) is 2.74. The van der Waals surface area contributed by atoms with E-state index in [1.807, 2.05) is 0 Å². The average molecular weight is 219 g/mol. The number of hydrogen-bond acceptors (Lipinski definition) is 3. The van der Waals surface area contributed by atoms with Gasteiger partial charge in [-0.25, -0.2) is 9.37 Å². The SMILES string of the molecule is CCON(C=O)c1ncc(Cl)cc1F. The Morgan fingerprint density at radius 1 is 1.79 bits per heavy atom. The van der Waals surface area contributed by atoms with E-state index in [0.717, 1.165) is 6.07 Å². The van der Waals surface area contributed by atoms with Crippen molar-refractivity contribution in [2.45, 2.75) is 6.92 Å². The third kappa shape index (κ3) is 2.40. The minimum absolute atomic E-state index is 0.161. The molecule has 0 bridgehead atoms. The van der Waals surface area contributed by atoms with E-state index in [9.17, 15) is 9.18 Å². The third-order valence-electron chi connectivity index (χ3n) is 1.36. The van der Waals surface area contributed by atoms with Crippen LogP contribution in [0.1, 0.15) is 6.92 Å². The Morgan fingerprint density at radius 2 is 2.50 bits per heavy atom. The Morgan fingerprint density at radius 3 is 3.00 bits per heavy atom. The second kappa shape index (κ2) is 4.88. The summed E-state index contributed by atoms with van der Waals surface area (Å²) >= 11 is 5.49. The van der Waals surface area contributed by atoms with Crippen LogP contribution in [0.2, 0.25) is 5.02 Å². The van der Waals surface area contributed by atoms with Gasteiger partial charge in [-0.3, -0.25) is 9.63 Å². The molecule has 0 radical (unpaired) electrons. The van der Waals surface area contributed by atoms with Crippen LogP contribution in [0.5, 0.6) is 0 Å². The average Bonchev–Trinajstić information content (AvgIpc) is 2.15. The molecule has 0 saturated carbocycles. The number of pyridine rings is 1. The number of hydroxylamine groups is 1. The molecule has 1 aromatic heterocycles. The van der Waals surface area contributed by atoms with Crippen molar-refractivity contribution < 1.29 is 14.0 Å². The predicted molar refractivity (Wildman–Crippen MR) is 49.4 cm³/mol. The van der Waals surface area contributed by atoms with Gasteiger partial charge < -0.3 is 0 Å². The van der Waals surface area contributed by atoms with Crippen LogP contribution in [0.15, 0.2) is 12.3 Å². The van der Waals surface area contributed by atoms with E-state index in [0.29, 0.717) is 11.5 Å². The third-order valence-corrected chi connectivity index (χ3v) is 1.57. The molecule has 0 unspecified atom stereocenters. The summed E-state index contributed by atoms with van der Waals surface area (Å²) in [6.45, 7) is 1.91. The zero-order valence-corrected chi connectivity index (χ0v) is 8.16. The van der Waals surface area contributed by atoms with Gasteiger partial charge in [-0.1, -0.05) is 11.6 Å². The highest BCUT2D eigenvalue weighted by molar-refractivity contribution is 6.30. The highest BCUT2D eigenvalue weighted by Gasteiger charge is 2.13. The molecular formula is C8H8ClFN2O2. The summed E-state index contributed by atoms with van der Waals surface area (Å²) < 4.78 is 13.2. The molecule has 14 heavy (non-hydrogen) atoms. The monoisotopic (exact) mass is 218 g/mol. The van der Waals surface area contributed by atoms with Gasteiger partial charge in [0.05, 0.1) is 11.6 Å². The van der Waals surface area contributed by atoms with E-state index in [1.54, 1.807) is 6.92 Å². The van der Waals surface area contributed by atoms with Crippen LogP contribution in [0.25, 0.3) is 0 Å². The van der Waals surface area contributed by atoms with Crippen molar-refractivity contribution in [2.75, 3.05) is 11.7 Å². The summed E-state index contributed by atoms with van der Waals surface area (Å²) in [4.78, 5) is 18.9. The molecule has 0 fully saturated rings. The fraction of sp³-hybridized carbons (Fsp3) is 0.250. The largest absolute Gasteiger partial charge is 0.276 e. The van der Waals surface area contributed by atoms with Crippen molar-refractivity contribution in [1.82, 2.24) is 4.98 Å². The molecule has 0 aliphatic heterocycles. The van der Waals surface area contributed by atoms with Crippen LogP contribution >= 0.6 is 11.6 Å². The van der Waals surface area contributed by atoms with Crippen LogP contribution in [0.3, 0.4) is 0 Å². The number of carbonyl (C=O) groups excluding carboxylic acids is 1. The number of anilines is 1. The zero-order valence-electron chi connectivity index (χ0n) is 7.41. The summed E-state index contributed by atoms with van der Waals surface area (Å²) in [7, 11) is 0. The summed E-state index contributed by atoms with van der Waals surface area (Å²) in [5.74, 6) is -0.913. The highest BCUT2D eigenvalue weighted by Crippen LogP contribution is 2.18. The van der Waals surface area contributed by atoms with Gasteiger partial charge in [-0.15, -0.1) is 0 Å². The first-order valence-corrected chi connectivity index (χ1v) is 4.25. The Bertz CT molecular complexity index is 335. The predicted octanol–water partition coefficient (Wildman–Crippen LogP) is 1.79. The van der Waals surface area contributed by atoms with Gasteiger partial charge >= 0.3 is 0 Å². The standard InChI is InChI=1S/C8H8ClFN2O2/c1-2-14-12(5-13)8-7(10)3-6(9)4-11-8/h3-5H,2H2,1H3. The Labute approximate surface area is 85.2 Å². The van der Waals surface area contributed by atoms with Crippen LogP contribution in [0, 0.1) is 5.82 Å². The van der Waals surface area contributed by atoms with Crippen molar-refractivity contribution in [2.24, 2.45) is 0 Å². The van der Waals surface area contributed by atoms with Crippen molar-refractivity contribution in [1.29, 1.82) is 0 Å². The van der Waals surface area contributed by atoms with Crippen LogP contribution < -0.4 is 5.06 Å². The number of hydrogen-bond donors (Lipinski definition) is 0. The topological polar surface area (TPSA) is 42.4 Å². The quantitative estimate of drug-likeness (QED) is 0.572. The molecule has 1 rings (SSSR count). The van der Waals surface area contributed by atoms with Crippen molar-refractivity contribution in [3.63, 3.8) is 0 Å². The van der Waals surface area contributed by atoms with E-state index in [2.05, 4.69) is 4.98 Å². The first kappa shape index (κ1) is 10.9. The van der Waals surface area contributed by atoms with E-state index in [1.165, 1.54) is 6.20 Å². The van der Waals surface area contributed by atoms with E-state index in [4.69, 9.17) is 16.4 Å². The number of amides is 1. The lowest BCUT2D eigenvalue weighted by atomic mass is 10.4. The molecule has 0 aliphatic rings. The van der Waals surface area contributed by atoms with Gasteiger partial charge in [0.1, 0.15) is 0 Å². The number of aromatic nitrogens is 1. The van der Waals surface area contributed by atoms with Gasteiger partial charge in [0.2, 0.25) is 6.41 Å². The minimum atomic E-state index is -0.710. The fourth-order valence-corrected chi connectivity index (χ4v) is 0.995. The second-order valence-electron chi connectivity index (χ2n) is 2.31. The lowest BCUT2D eigenvalue weighted by Crippen LogP contribution is -2.23. The normalized spacial score (nSPS) is 9.93. The number of carbonyl (C=O) groups is 1. The Hall–Kier alpha value is -1.20. The summed E-state index contributed by atoms with van der Waals surface area (Å²) in [6.07, 6.45) is 1.57. The molecule has 4 nitrogen and oxygen atoms in total. The molecule has 1 aromatic rings. The van der Waals surface area contributed by atoms with Gasteiger partial charge in [0.25, 0.3) is 0 Å². The van der Waals surface area contributed by atoms with E-state index in [-0.39, 0.29) is 17.4 Å². The van der Waals surface area contributed by atoms with Gasteiger partial charge in [0, 0.05) is 6.20 Å². The summed E-state index contributed by atoms with van der Waals surface area (Å²) in [5.41, 5.74) is 0. The summed E-state index contributed by atoms with van der Waals surface area (Å²) in [5, 5.41) is 0.875. The maximum atomic E-state index is 13.2. The smallest absolute Gasteiger partial charge is 0.239 e. The molecule has 0 aromatic carbocycles. The first-order chi connectivity index (χ1) is 6.69. The molecular weight excluding hydrogens is 211 g/mol. The molecule has 0 atom stereocenters. The number of rotatable bonds is 4. The Kier molecular flexibility index (Phi) is 3.79. The minimum Gasteiger partial charge on any atom is -0.276 e. The van der Waals surface area contributed by atoms with Crippen LogP contribution in [-0.2, 0) is 9.63 Å². The number of nitrogens with zero attached hydrogens (tertiary/aromatic N) is 2. The molecule has 0 saturated heterocycles. The van der Waals surface area contributed by atoms with Gasteiger partial charge in [0.15, 0.2) is 11.6 Å². The first-order valence-electron chi connectivity index (χ1n) is 3.87. The maximum absolute atomic E-state index is 13.2. The summed E-state index contributed by atoms with van der Waals surface area (Å²) in [6, 6.07) is 1.05. The molecule has 0 spiro atoms. The molecule has 1 amide bonds. The zero-order chi connectivity index (χ0) is 10.6. The van der Waals surface area contributed by atoms with E-state index < -0.39 is 5.82 Å². The highest BCUT2D eigenvalue weighted by atomic mass is 35.5. The number of halogens is 2. The van der Waals surface area contributed by atoms with E-state index >= 15 is 0 Å². The van der Waals surface area contributed by atoms with Crippen molar-refractivity contribution >= 4 is 23.8 Å². The van der Waals surface area contributed by atoms with Crippen LogP contribution in [-0.4, -0.2) is 18.0 Å². The lowest BCUT2D eigenvalue weighted by molar-refractivity contribution is -0.113. The van der Waals surface area contributed by atoms with Gasteiger partial charge in [-0.05, 0) is 13.0 Å². The van der Waals surface area contributed by atoms with Crippen molar-refractivity contribution in [3.05, 3.63) is 23.1 Å². The maximum Gasteiger partial charge on any atom is 0.239 e. The van der Waals surface area contributed by atoms with Crippen molar-refractivity contribution in [3.8, 4) is 0 Å². The van der Waals surface area contributed by atoms with Crippen LogP contribution in [0.4, 0.5) is 10.2 Å². The molecule has 76 valence electrons. The lowest BCUT2D eigenvalue weighted by Gasteiger charge is -2.14. The molecule has 0 N–H and O–H groups in total. The molecule has 1 heterocycles. The van der Waals surface area contributed by atoms with Gasteiger partial charge in [-0.2, -0.15) is 5.06 Å².